The Balaban J connectivity index is 1.93. The lowest BCUT2D eigenvalue weighted by Crippen LogP contribution is -2.08. The Morgan fingerprint density at radius 2 is 1.86 bits per heavy atom. The van der Waals surface area contributed by atoms with Crippen LogP contribution >= 0.6 is 11.6 Å². The molecule has 5 nitrogen and oxygen atoms in total. The number of nitrogens with zero attached hydrogens (tertiary/aromatic N) is 2. The lowest BCUT2D eigenvalue weighted by atomic mass is 9.96. The molecule has 0 radical (unpaired) electrons. The molecule has 0 fully saturated rings. The number of benzene rings is 2. The van der Waals surface area contributed by atoms with Crippen LogP contribution in [0.1, 0.15) is 27.9 Å². The molecule has 0 aliphatic carbocycles. The maximum absolute atomic E-state index is 11.2. The molecule has 110 valence electrons. The number of hydrogen-bond donors (Lipinski definition) is 0. The first-order chi connectivity index (χ1) is 10.5. The van der Waals surface area contributed by atoms with Gasteiger partial charge in [-0.25, -0.2) is 0 Å². The zero-order chi connectivity index (χ0) is 15.7. The van der Waals surface area contributed by atoms with E-state index in [1.807, 2.05) is 0 Å². The van der Waals surface area contributed by atoms with Crippen molar-refractivity contribution in [2.45, 2.75) is 12.8 Å². The predicted octanol–water partition coefficient (Wildman–Crippen LogP) is 4.04. The SMILES string of the molecule is O=C(Cl)c1ccc2c(c1)CCC(c1ccc([N+](=O)[O-])cc1)=N2. The van der Waals surface area contributed by atoms with Crippen LogP contribution in [0.5, 0.6) is 0 Å². The number of aliphatic imine (C=N–C) groups is 1. The van der Waals surface area contributed by atoms with E-state index in [-0.39, 0.29) is 5.69 Å². The number of rotatable bonds is 3. The number of nitro benzene ring substituents is 1. The third-order valence-corrected chi connectivity index (χ3v) is 3.82. The molecule has 1 aliphatic rings. The van der Waals surface area contributed by atoms with Crippen molar-refractivity contribution in [2.75, 3.05) is 0 Å². The highest BCUT2D eigenvalue weighted by Crippen LogP contribution is 2.29. The number of fused-ring (bicyclic) bond motifs is 1. The largest absolute Gasteiger partial charge is 0.276 e. The molecule has 6 heteroatoms. The normalized spacial score (nSPS) is 13.2. The molecule has 0 amide bonds. The maximum atomic E-state index is 11.2. The van der Waals surface area contributed by atoms with Gasteiger partial charge in [0.05, 0.1) is 10.6 Å². The summed E-state index contributed by atoms with van der Waals surface area (Å²) in [5.41, 5.74) is 4.07. The third kappa shape index (κ3) is 2.76. The fourth-order valence-electron chi connectivity index (χ4n) is 2.46. The Bertz CT molecular complexity index is 798. The van der Waals surface area contributed by atoms with E-state index in [2.05, 4.69) is 4.99 Å². The number of carbonyl (C=O) groups excluding carboxylic acids is 1. The van der Waals surface area contributed by atoms with Crippen LogP contribution in [0.2, 0.25) is 0 Å². The number of hydrogen-bond acceptors (Lipinski definition) is 4. The molecule has 0 unspecified atom stereocenters. The van der Waals surface area contributed by atoms with E-state index in [0.29, 0.717) is 12.0 Å². The standard InChI is InChI=1S/C16H11ClN2O3/c17-16(20)12-4-8-15-11(9-12)3-7-14(18-15)10-1-5-13(6-2-10)19(21)22/h1-2,4-6,8-9H,3,7H2. The van der Waals surface area contributed by atoms with E-state index in [4.69, 9.17) is 11.6 Å². The first-order valence-electron chi connectivity index (χ1n) is 6.70. The highest BCUT2D eigenvalue weighted by atomic mass is 35.5. The molecule has 0 spiro atoms. The smallest absolute Gasteiger partial charge is 0.269 e. The second kappa shape index (κ2) is 5.69. The molecule has 0 aromatic heterocycles. The average Bonchev–Trinajstić information content (AvgIpc) is 2.54. The van der Waals surface area contributed by atoms with Gasteiger partial charge in [0.2, 0.25) is 0 Å². The van der Waals surface area contributed by atoms with Crippen LogP contribution in [-0.2, 0) is 6.42 Å². The Kier molecular flexibility index (Phi) is 3.73. The molecule has 0 saturated carbocycles. The molecule has 3 rings (SSSR count). The van der Waals surface area contributed by atoms with E-state index < -0.39 is 10.2 Å². The van der Waals surface area contributed by atoms with Crippen LogP contribution in [0.3, 0.4) is 0 Å². The molecular formula is C16H11ClN2O3. The number of aryl methyl sites for hydroxylation is 1. The van der Waals surface area contributed by atoms with Crippen LogP contribution in [0, 0.1) is 10.1 Å². The first-order valence-corrected chi connectivity index (χ1v) is 7.07. The van der Waals surface area contributed by atoms with Crippen LogP contribution in [0.25, 0.3) is 0 Å². The Hall–Kier alpha value is -2.53. The fourth-order valence-corrected chi connectivity index (χ4v) is 2.57. The van der Waals surface area contributed by atoms with Crippen molar-refractivity contribution in [3.63, 3.8) is 0 Å². The van der Waals surface area contributed by atoms with Crippen LogP contribution < -0.4 is 0 Å². The summed E-state index contributed by atoms with van der Waals surface area (Å²) in [7, 11) is 0. The minimum Gasteiger partial charge on any atom is -0.276 e. The molecule has 1 heterocycles. The molecule has 0 N–H and O–H groups in total. The summed E-state index contributed by atoms with van der Waals surface area (Å²) in [5.74, 6) is 0. The van der Waals surface area contributed by atoms with E-state index in [1.165, 1.54) is 12.1 Å². The minimum atomic E-state index is -0.479. The number of halogens is 1. The van der Waals surface area contributed by atoms with Crippen molar-refractivity contribution in [1.82, 2.24) is 0 Å². The van der Waals surface area contributed by atoms with Gasteiger partial charge in [0.1, 0.15) is 0 Å². The molecule has 1 aliphatic heterocycles. The number of nitro groups is 1. The minimum absolute atomic E-state index is 0.0610. The Labute approximate surface area is 131 Å². The van der Waals surface area contributed by atoms with E-state index >= 15 is 0 Å². The van der Waals surface area contributed by atoms with E-state index in [0.717, 1.165) is 28.9 Å². The summed E-state index contributed by atoms with van der Waals surface area (Å²) in [5, 5.41) is 10.2. The highest BCUT2D eigenvalue weighted by molar-refractivity contribution is 6.67. The van der Waals surface area contributed by atoms with Gasteiger partial charge in [-0.05, 0) is 65.9 Å². The van der Waals surface area contributed by atoms with Gasteiger partial charge in [-0.1, -0.05) is 0 Å². The van der Waals surface area contributed by atoms with Crippen LogP contribution in [0.15, 0.2) is 47.5 Å². The molecule has 0 atom stereocenters. The van der Waals surface area contributed by atoms with Crippen LogP contribution in [0.4, 0.5) is 11.4 Å². The van der Waals surface area contributed by atoms with Gasteiger partial charge in [0, 0.05) is 23.4 Å². The topological polar surface area (TPSA) is 72.6 Å². The van der Waals surface area contributed by atoms with Crippen molar-refractivity contribution in [2.24, 2.45) is 4.99 Å². The summed E-state index contributed by atoms with van der Waals surface area (Å²) in [6.07, 6.45) is 1.47. The zero-order valence-electron chi connectivity index (χ0n) is 11.5. The first kappa shape index (κ1) is 14.4. The highest BCUT2D eigenvalue weighted by Gasteiger charge is 2.16. The van der Waals surface area contributed by atoms with Crippen molar-refractivity contribution >= 4 is 33.9 Å². The summed E-state index contributed by atoms with van der Waals surface area (Å²) in [6, 6.07) is 11.6. The Morgan fingerprint density at radius 1 is 1.14 bits per heavy atom. The molecule has 22 heavy (non-hydrogen) atoms. The van der Waals surface area contributed by atoms with Gasteiger partial charge in [0.15, 0.2) is 0 Å². The molecule has 2 aromatic carbocycles. The quantitative estimate of drug-likeness (QED) is 0.487. The van der Waals surface area contributed by atoms with Gasteiger partial charge >= 0.3 is 0 Å². The van der Waals surface area contributed by atoms with E-state index in [9.17, 15) is 14.9 Å². The van der Waals surface area contributed by atoms with Gasteiger partial charge in [-0.3, -0.25) is 19.9 Å². The summed E-state index contributed by atoms with van der Waals surface area (Å²) in [4.78, 5) is 26.0. The summed E-state index contributed by atoms with van der Waals surface area (Å²) in [6.45, 7) is 0. The molecule has 2 aromatic rings. The fraction of sp³-hybridized carbons (Fsp3) is 0.125. The van der Waals surface area contributed by atoms with Gasteiger partial charge in [-0.2, -0.15) is 0 Å². The third-order valence-electron chi connectivity index (χ3n) is 3.60. The summed E-state index contributed by atoms with van der Waals surface area (Å²) < 4.78 is 0. The van der Waals surface area contributed by atoms with Gasteiger partial charge in [0.25, 0.3) is 10.9 Å². The number of carbonyl (C=O) groups is 1. The van der Waals surface area contributed by atoms with Crippen molar-refractivity contribution < 1.29 is 9.72 Å². The van der Waals surface area contributed by atoms with Crippen molar-refractivity contribution in [3.8, 4) is 0 Å². The second-order valence-corrected chi connectivity index (χ2v) is 5.32. The second-order valence-electron chi connectivity index (χ2n) is 4.98. The van der Waals surface area contributed by atoms with Gasteiger partial charge in [-0.15, -0.1) is 0 Å². The zero-order valence-corrected chi connectivity index (χ0v) is 12.2. The maximum Gasteiger partial charge on any atom is 0.269 e. The lowest BCUT2D eigenvalue weighted by Gasteiger charge is -2.16. The Morgan fingerprint density at radius 3 is 2.50 bits per heavy atom. The average molecular weight is 315 g/mol. The van der Waals surface area contributed by atoms with Gasteiger partial charge < -0.3 is 0 Å². The predicted molar refractivity (Wildman–Crippen MR) is 84.2 cm³/mol. The van der Waals surface area contributed by atoms with E-state index in [1.54, 1.807) is 30.3 Å². The lowest BCUT2D eigenvalue weighted by molar-refractivity contribution is -0.384. The van der Waals surface area contributed by atoms with Crippen molar-refractivity contribution in [3.05, 3.63) is 69.3 Å². The molecule has 0 saturated heterocycles. The molecular weight excluding hydrogens is 304 g/mol. The summed E-state index contributed by atoms with van der Waals surface area (Å²) >= 11 is 5.48. The molecule has 0 bridgehead atoms. The monoisotopic (exact) mass is 314 g/mol. The van der Waals surface area contributed by atoms with Crippen LogP contribution in [-0.4, -0.2) is 15.9 Å². The van der Waals surface area contributed by atoms with Crippen molar-refractivity contribution in [1.29, 1.82) is 0 Å². The number of non-ortho nitro benzene ring substituents is 1.